The Balaban J connectivity index is 1.95. The van der Waals surface area contributed by atoms with Crippen LogP contribution >= 0.6 is 0 Å². The summed E-state index contributed by atoms with van der Waals surface area (Å²) < 4.78 is 0. The number of hydrogen-bond donors (Lipinski definition) is 1. The van der Waals surface area contributed by atoms with Crippen molar-refractivity contribution in [1.82, 2.24) is 5.32 Å². The molecule has 1 aliphatic carbocycles. The van der Waals surface area contributed by atoms with Crippen LogP contribution in [-0.4, -0.2) is 6.04 Å². The molecule has 0 aromatic heterocycles. The largest absolute Gasteiger partial charge is 0.307 e. The van der Waals surface area contributed by atoms with Crippen LogP contribution in [0.25, 0.3) is 0 Å². The number of hydrogen-bond acceptors (Lipinski definition) is 1. The molecule has 0 saturated heterocycles. The average molecular weight is 273 g/mol. The van der Waals surface area contributed by atoms with Gasteiger partial charge in [-0.05, 0) is 55.1 Å². The predicted octanol–water partition coefficient (Wildman–Crippen LogP) is 5.29. The Hall–Kier alpha value is -0.820. The van der Waals surface area contributed by atoms with Crippen molar-refractivity contribution < 1.29 is 0 Å². The van der Waals surface area contributed by atoms with Gasteiger partial charge in [-0.1, -0.05) is 52.0 Å². The van der Waals surface area contributed by atoms with Gasteiger partial charge in [-0.25, -0.2) is 0 Å². The Morgan fingerprint density at radius 1 is 0.950 bits per heavy atom. The van der Waals surface area contributed by atoms with Crippen LogP contribution in [0, 0.1) is 11.8 Å². The summed E-state index contributed by atoms with van der Waals surface area (Å²) in [4.78, 5) is 0. The molecule has 2 rings (SSSR count). The molecule has 0 aliphatic heterocycles. The summed E-state index contributed by atoms with van der Waals surface area (Å²) in [6, 6.07) is 10.3. The van der Waals surface area contributed by atoms with Gasteiger partial charge in [-0.3, -0.25) is 0 Å². The quantitative estimate of drug-likeness (QED) is 0.786. The highest BCUT2D eigenvalue weighted by Crippen LogP contribution is 2.30. The second kappa shape index (κ2) is 6.76. The summed E-state index contributed by atoms with van der Waals surface area (Å²) in [6.07, 6.45) is 4.08. The fourth-order valence-electron chi connectivity index (χ4n) is 3.50. The summed E-state index contributed by atoms with van der Waals surface area (Å²) in [5, 5.41) is 3.85. The number of benzene rings is 1. The van der Waals surface area contributed by atoms with Gasteiger partial charge in [0.05, 0.1) is 0 Å². The van der Waals surface area contributed by atoms with E-state index in [2.05, 4.69) is 64.2 Å². The van der Waals surface area contributed by atoms with Crippen molar-refractivity contribution in [3.05, 3.63) is 35.4 Å². The Morgan fingerprint density at radius 3 is 2.10 bits per heavy atom. The van der Waals surface area contributed by atoms with E-state index in [9.17, 15) is 0 Å². The van der Waals surface area contributed by atoms with Crippen molar-refractivity contribution in [2.75, 3.05) is 0 Å². The van der Waals surface area contributed by atoms with Gasteiger partial charge in [0.25, 0.3) is 0 Å². The molecule has 4 atom stereocenters. The molecule has 0 amide bonds. The molecule has 1 aromatic carbocycles. The third kappa shape index (κ3) is 3.85. The van der Waals surface area contributed by atoms with Crippen molar-refractivity contribution in [1.29, 1.82) is 0 Å². The van der Waals surface area contributed by atoms with Gasteiger partial charge >= 0.3 is 0 Å². The maximum Gasteiger partial charge on any atom is 0.0294 e. The first-order chi connectivity index (χ1) is 9.47. The molecule has 0 radical (unpaired) electrons. The SMILES string of the molecule is CC1CCC(NC(C)c2ccc(C(C)C)cc2)C(C)C1. The van der Waals surface area contributed by atoms with Crippen molar-refractivity contribution in [3.8, 4) is 0 Å². The van der Waals surface area contributed by atoms with Gasteiger partial charge < -0.3 is 5.32 Å². The van der Waals surface area contributed by atoms with E-state index in [1.165, 1.54) is 30.4 Å². The van der Waals surface area contributed by atoms with E-state index in [0.29, 0.717) is 18.0 Å². The molecule has 0 heterocycles. The van der Waals surface area contributed by atoms with E-state index in [1.54, 1.807) is 0 Å². The highest BCUT2D eigenvalue weighted by Gasteiger charge is 2.26. The predicted molar refractivity (Wildman–Crippen MR) is 88.0 cm³/mol. The number of nitrogens with one attached hydrogen (secondary N) is 1. The van der Waals surface area contributed by atoms with Gasteiger partial charge in [0.15, 0.2) is 0 Å². The van der Waals surface area contributed by atoms with E-state index in [4.69, 9.17) is 0 Å². The first-order valence-electron chi connectivity index (χ1n) is 8.33. The van der Waals surface area contributed by atoms with Crippen LogP contribution in [0.15, 0.2) is 24.3 Å². The molecule has 4 unspecified atom stereocenters. The summed E-state index contributed by atoms with van der Waals surface area (Å²) in [5.74, 6) is 2.33. The highest BCUT2D eigenvalue weighted by atomic mass is 15.0. The van der Waals surface area contributed by atoms with Crippen LogP contribution in [0.5, 0.6) is 0 Å². The highest BCUT2D eigenvalue weighted by molar-refractivity contribution is 5.26. The topological polar surface area (TPSA) is 12.0 Å². The minimum atomic E-state index is 0.456. The van der Waals surface area contributed by atoms with Crippen LogP contribution in [0.3, 0.4) is 0 Å². The van der Waals surface area contributed by atoms with Crippen molar-refractivity contribution in [2.24, 2.45) is 11.8 Å². The first-order valence-corrected chi connectivity index (χ1v) is 8.33. The monoisotopic (exact) mass is 273 g/mol. The number of rotatable bonds is 4. The summed E-state index contributed by atoms with van der Waals surface area (Å²) in [6.45, 7) is 11.6. The fourth-order valence-corrected chi connectivity index (χ4v) is 3.50. The first kappa shape index (κ1) is 15.6. The average Bonchev–Trinajstić information content (AvgIpc) is 2.42. The molecule has 1 fully saturated rings. The van der Waals surface area contributed by atoms with Gasteiger partial charge in [0.2, 0.25) is 0 Å². The standard InChI is InChI=1S/C19H31N/c1-13(2)17-7-9-18(10-8-17)16(5)20-19-11-6-14(3)12-15(19)4/h7-10,13-16,19-20H,6,11-12H2,1-5H3. The molecule has 0 bridgehead atoms. The van der Waals surface area contributed by atoms with Gasteiger partial charge in [0, 0.05) is 12.1 Å². The second-order valence-electron chi connectivity index (χ2n) is 7.21. The van der Waals surface area contributed by atoms with Gasteiger partial charge in [-0.15, -0.1) is 0 Å². The maximum atomic E-state index is 3.85. The van der Waals surface area contributed by atoms with Crippen LogP contribution in [-0.2, 0) is 0 Å². The lowest BCUT2D eigenvalue weighted by Gasteiger charge is -2.35. The normalized spacial score (nSPS) is 28.6. The lowest BCUT2D eigenvalue weighted by Crippen LogP contribution is -2.40. The molecule has 0 spiro atoms. The summed E-state index contributed by atoms with van der Waals surface area (Å²) in [7, 11) is 0. The molecule has 1 aromatic rings. The van der Waals surface area contributed by atoms with E-state index < -0.39 is 0 Å². The van der Waals surface area contributed by atoms with Crippen LogP contribution in [0.1, 0.15) is 77.0 Å². The zero-order valence-corrected chi connectivity index (χ0v) is 13.8. The maximum absolute atomic E-state index is 3.85. The van der Waals surface area contributed by atoms with E-state index in [1.807, 2.05) is 0 Å². The molecule has 1 nitrogen and oxygen atoms in total. The van der Waals surface area contributed by atoms with Crippen molar-refractivity contribution >= 4 is 0 Å². The second-order valence-corrected chi connectivity index (χ2v) is 7.21. The van der Waals surface area contributed by atoms with Gasteiger partial charge in [0.1, 0.15) is 0 Å². The summed E-state index contributed by atoms with van der Waals surface area (Å²) >= 11 is 0. The smallest absolute Gasteiger partial charge is 0.0294 e. The van der Waals surface area contributed by atoms with Crippen molar-refractivity contribution in [3.63, 3.8) is 0 Å². The van der Waals surface area contributed by atoms with E-state index >= 15 is 0 Å². The fraction of sp³-hybridized carbons (Fsp3) is 0.684. The minimum Gasteiger partial charge on any atom is -0.307 e. The zero-order chi connectivity index (χ0) is 14.7. The molecular formula is C19H31N. The lowest BCUT2D eigenvalue weighted by molar-refractivity contribution is 0.216. The van der Waals surface area contributed by atoms with E-state index in [-0.39, 0.29) is 0 Å². The lowest BCUT2D eigenvalue weighted by atomic mass is 9.79. The molecule has 1 saturated carbocycles. The van der Waals surface area contributed by atoms with Crippen LogP contribution < -0.4 is 5.32 Å². The van der Waals surface area contributed by atoms with E-state index in [0.717, 1.165) is 11.8 Å². The third-order valence-electron chi connectivity index (χ3n) is 5.00. The van der Waals surface area contributed by atoms with Crippen LogP contribution in [0.2, 0.25) is 0 Å². The zero-order valence-electron chi connectivity index (χ0n) is 13.8. The molecule has 1 N–H and O–H groups in total. The molecular weight excluding hydrogens is 242 g/mol. The van der Waals surface area contributed by atoms with Gasteiger partial charge in [-0.2, -0.15) is 0 Å². The Kier molecular flexibility index (Phi) is 5.26. The Morgan fingerprint density at radius 2 is 1.55 bits per heavy atom. The van der Waals surface area contributed by atoms with Crippen molar-refractivity contribution in [2.45, 2.75) is 71.9 Å². The molecule has 1 heteroatoms. The molecule has 1 aliphatic rings. The Bertz CT molecular complexity index is 406. The third-order valence-corrected chi connectivity index (χ3v) is 5.00. The summed E-state index contributed by atoms with van der Waals surface area (Å²) in [5.41, 5.74) is 2.85. The van der Waals surface area contributed by atoms with Crippen LogP contribution in [0.4, 0.5) is 0 Å². The molecule has 112 valence electrons. The molecule has 20 heavy (non-hydrogen) atoms. The Labute approximate surface area is 125 Å². The minimum absolute atomic E-state index is 0.456.